The van der Waals surface area contributed by atoms with Crippen molar-refractivity contribution in [3.05, 3.63) is 18.2 Å². The fourth-order valence-electron chi connectivity index (χ4n) is 2.30. The topological polar surface area (TPSA) is 90.5 Å². The van der Waals surface area contributed by atoms with Crippen molar-refractivity contribution in [2.45, 2.75) is 32.1 Å². The zero-order chi connectivity index (χ0) is 18.2. The second-order valence-corrected chi connectivity index (χ2v) is 7.17. The molecule has 136 valence electrons. The van der Waals surface area contributed by atoms with Crippen LogP contribution in [0.25, 0.3) is 0 Å². The minimum Gasteiger partial charge on any atom is -0.384 e. The van der Waals surface area contributed by atoms with Gasteiger partial charge in [-0.25, -0.2) is 8.42 Å². The summed E-state index contributed by atoms with van der Waals surface area (Å²) in [6.07, 6.45) is 0.315. The number of amides is 1. The van der Waals surface area contributed by atoms with Crippen LogP contribution in [0.1, 0.15) is 27.2 Å². The number of hydrogen-bond donors (Lipinski definition) is 3. The van der Waals surface area contributed by atoms with Gasteiger partial charge in [0, 0.05) is 32.6 Å². The van der Waals surface area contributed by atoms with Crippen molar-refractivity contribution in [2.24, 2.45) is 0 Å². The molecule has 1 rings (SSSR count). The number of rotatable bonds is 10. The average Bonchev–Trinajstić information content (AvgIpc) is 2.55. The van der Waals surface area contributed by atoms with Gasteiger partial charge in [0.05, 0.1) is 16.3 Å². The van der Waals surface area contributed by atoms with Gasteiger partial charge in [-0.15, -0.1) is 0 Å². The lowest BCUT2D eigenvalue weighted by Crippen LogP contribution is -2.30. The summed E-state index contributed by atoms with van der Waals surface area (Å²) in [5.41, 5.74) is 1.18. The number of nitrogens with zero attached hydrogens (tertiary/aromatic N) is 1. The number of nitrogens with one attached hydrogen (secondary N) is 3. The second kappa shape index (κ2) is 9.61. The largest absolute Gasteiger partial charge is 0.384 e. The Morgan fingerprint density at radius 2 is 1.79 bits per heavy atom. The Labute approximate surface area is 144 Å². The maximum absolute atomic E-state index is 12.7. The number of carbonyl (C=O) groups is 1. The van der Waals surface area contributed by atoms with Gasteiger partial charge in [0.2, 0.25) is 15.9 Å². The van der Waals surface area contributed by atoms with Gasteiger partial charge in [-0.05, 0) is 32.2 Å². The highest BCUT2D eigenvalue weighted by Crippen LogP contribution is 2.27. The minimum absolute atomic E-state index is 0.166. The summed E-state index contributed by atoms with van der Waals surface area (Å²) in [6.45, 7) is 7.56. The fourth-order valence-corrected chi connectivity index (χ4v) is 3.78. The van der Waals surface area contributed by atoms with Gasteiger partial charge in [-0.2, -0.15) is 4.31 Å². The third-order valence-corrected chi connectivity index (χ3v) is 5.62. The van der Waals surface area contributed by atoms with Crippen LogP contribution in [-0.4, -0.2) is 51.9 Å². The molecule has 1 amide bonds. The van der Waals surface area contributed by atoms with Crippen molar-refractivity contribution in [3.63, 3.8) is 0 Å². The van der Waals surface area contributed by atoms with E-state index in [1.54, 1.807) is 33.0 Å². The summed E-state index contributed by atoms with van der Waals surface area (Å²) in [5, 5.41) is 8.84. The highest BCUT2D eigenvalue weighted by atomic mass is 32.2. The number of benzene rings is 1. The maximum Gasteiger partial charge on any atom is 0.243 e. The Kier molecular flexibility index (Phi) is 8.17. The molecule has 0 aliphatic heterocycles. The quantitative estimate of drug-likeness (QED) is 0.594. The van der Waals surface area contributed by atoms with Crippen LogP contribution in [-0.2, 0) is 14.8 Å². The van der Waals surface area contributed by atoms with E-state index in [4.69, 9.17) is 0 Å². The molecule has 7 nitrogen and oxygen atoms in total. The average molecular weight is 356 g/mol. The monoisotopic (exact) mass is 356 g/mol. The molecule has 3 N–H and O–H groups in total. The van der Waals surface area contributed by atoms with E-state index in [1.807, 2.05) is 6.92 Å². The molecule has 0 aliphatic carbocycles. The summed E-state index contributed by atoms with van der Waals surface area (Å²) in [6, 6.07) is 4.77. The molecule has 0 aliphatic rings. The summed E-state index contributed by atoms with van der Waals surface area (Å²) < 4.78 is 26.7. The van der Waals surface area contributed by atoms with Crippen LogP contribution in [0.2, 0.25) is 0 Å². The molecule has 0 saturated carbocycles. The molecule has 0 spiro atoms. The van der Waals surface area contributed by atoms with Crippen molar-refractivity contribution in [2.75, 3.05) is 43.9 Å². The van der Waals surface area contributed by atoms with E-state index in [1.165, 1.54) is 10.4 Å². The standard InChI is InChI=1S/C16H28N4O3S/c1-5-18-14-9-8-13(24(22,23)20(6-2)7-3)12-15(14)19-16(21)10-11-17-4/h8-9,12,17-18H,5-7,10-11H2,1-4H3,(H,19,21). The van der Waals surface area contributed by atoms with Crippen LogP contribution in [0.15, 0.2) is 23.1 Å². The van der Waals surface area contributed by atoms with Crippen molar-refractivity contribution < 1.29 is 13.2 Å². The van der Waals surface area contributed by atoms with Gasteiger partial charge in [0.1, 0.15) is 0 Å². The molecule has 1 aromatic rings. The molecular weight excluding hydrogens is 328 g/mol. The lowest BCUT2D eigenvalue weighted by Gasteiger charge is -2.20. The van der Waals surface area contributed by atoms with Gasteiger partial charge >= 0.3 is 0 Å². The highest BCUT2D eigenvalue weighted by molar-refractivity contribution is 7.89. The lowest BCUT2D eigenvalue weighted by molar-refractivity contribution is -0.116. The van der Waals surface area contributed by atoms with E-state index >= 15 is 0 Å². The Hall–Kier alpha value is -1.64. The zero-order valence-electron chi connectivity index (χ0n) is 14.8. The van der Waals surface area contributed by atoms with Gasteiger partial charge in [0.25, 0.3) is 0 Å². The number of sulfonamides is 1. The summed E-state index contributed by atoms with van der Waals surface area (Å²) in [5.74, 6) is -0.166. The first-order valence-corrected chi connectivity index (χ1v) is 9.67. The van der Waals surface area contributed by atoms with Crippen LogP contribution >= 0.6 is 0 Å². The van der Waals surface area contributed by atoms with Crippen molar-refractivity contribution in [3.8, 4) is 0 Å². The highest BCUT2D eigenvalue weighted by Gasteiger charge is 2.23. The van der Waals surface area contributed by atoms with Crippen molar-refractivity contribution in [1.29, 1.82) is 0 Å². The number of carbonyl (C=O) groups excluding carboxylic acids is 1. The van der Waals surface area contributed by atoms with E-state index in [2.05, 4.69) is 16.0 Å². The molecule has 1 aromatic carbocycles. The van der Waals surface area contributed by atoms with Gasteiger partial charge < -0.3 is 16.0 Å². The number of anilines is 2. The molecule has 0 radical (unpaired) electrons. The third-order valence-electron chi connectivity index (χ3n) is 3.58. The van der Waals surface area contributed by atoms with Crippen molar-refractivity contribution in [1.82, 2.24) is 9.62 Å². The molecule has 0 unspecified atom stereocenters. The van der Waals surface area contributed by atoms with E-state index in [0.717, 1.165) is 0 Å². The SMILES string of the molecule is CCNc1ccc(S(=O)(=O)N(CC)CC)cc1NC(=O)CCNC. The summed E-state index contributed by atoms with van der Waals surface area (Å²) in [4.78, 5) is 12.2. The maximum atomic E-state index is 12.7. The predicted molar refractivity (Wildman–Crippen MR) is 97.9 cm³/mol. The molecule has 8 heteroatoms. The van der Waals surface area contributed by atoms with Crippen LogP contribution in [0.5, 0.6) is 0 Å². The normalized spacial score (nSPS) is 11.5. The van der Waals surface area contributed by atoms with E-state index < -0.39 is 10.0 Å². The van der Waals surface area contributed by atoms with Crippen LogP contribution in [0.4, 0.5) is 11.4 Å². The smallest absolute Gasteiger partial charge is 0.243 e. The Bertz CT molecular complexity index is 643. The first kappa shape index (κ1) is 20.4. The molecule has 0 atom stereocenters. The first-order chi connectivity index (χ1) is 11.4. The van der Waals surface area contributed by atoms with Gasteiger partial charge in [-0.1, -0.05) is 13.8 Å². The third kappa shape index (κ3) is 5.19. The van der Waals surface area contributed by atoms with E-state index in [-0.39, 0.29) is 10.8 Å². The summed E-state index contributed by atoms with van der Waals surface area (Å²) in [7, 11) is -1.79. The summed E-state index contributed by atoms with van der Waals surface area (Å²) >= 11 is 0. The van der Waals surface area contributed by atoms with Crippen molar-refractivity contribution >= 4 is 27.3 Å². The van der Waals surface area contributed by atoms with E-state index in [9.17, 15) is 13.2 Å². The first-order valence-electron chi connectivity index (χ1n) is 8.23. The van der Waals surface area contributed by atoms with E-state index in [0.29, 0.717) is 44.0 Å². The molecule has 24 heavy (non-hydrogen) atoms. The zero-order valence-corrected chi connectivity index (χ0v) is 15.7. The van der Waals surface area contributed by atoms with Crippen LogP contribution < -0.4 is 16.0 Å². The molecular formula is C16H28N4O3S. The lowest BCUT2D eigenvalue weighted by atomic mass is 10.2. The number of hydrogen-bond acceptors (Lipinski definition) is 5. The minimum atomic E-state index is -3.57. The van der Waals surface area contributed by atoms with Gasteiger partial charge in [0.15, 0.2) is 0 Å². The molecule has 0 aromatic heterocycles. The fraction of sp³-hybridized carbons (Fsp3) is 0.562. The van der Waals surface area contributed by atoms with Gasteiger partial charge in [-0.3, -0.25) is 4.79 Å². The molecule has 0 fully saturated rings. The van der Waals surface area contributed by atoms with Crippen LogP contribution in [0, 0.1) is 0 Å². The predicted octanol–water partition coefficient (Wildman–Crippen LogP) is 1.70. The Balaban J connectivity index is 3.18. The van der Waals surface area contributed by atoms with Crippen LogP contribution in [0.3, 0.4) is 0 Å². The molecule has 0 heterocycles. The second-order valence-electron chi connectivity index (χ2n) is 5.23. The molecule has 0 saturated heterocycles. The Morgan fingerprint density at radius 3 is 2.33 bits per heavy atom. The molecule has 0 bridgehead atoms. The Morgan fingerprint density at radius 1 is 1.12 bits per heavy atom.